The molecule has 1 fully saturated rings. The Morgan fingerprint density at radius 1 is 1.39 bits per heavy atom. The van der Waals surface area contributed by atoms with Crippen molar-refractivity contribution in [1.29, 1.82) is 0 Å². The Morgan fingerprint density at radius 2 is 2.13 bits per heavy atom. The smallest absolute Gasteiger partial charge is 0.339 e. The van der Waals surface area contributed by atoms with Crippen LogP contribution in [-0.4, -0.2) is 60.8 Å². The second-order valence-corrected chi connectivity index (χ2v) is 5.95. The summed E-state index contributed by atoms with van der Waals surface area (Å²) in [6.45, 7) is 10.3. The van der Waals surface area contributed by atoms with E-state index in [2.05, 4.69) is 29.0 Å². The van der Waals surface area contributed by atoms with Gasteiger partial charge in [0.1, 0.15) is 5.82 Å². The van der Waals surface area contributed by atoms with Crippen molar-refractivity contribution in [2.75, 3.05) is 38.1 Å². The van der Waals surface area contributed by atoms with Crippen molar-refractivity contribution >= 4 is 11.8 Å². The number of hydrogen-bond donors (Lipinski definition) is 1. The van der Waals surface area contributed by atoms with Gasteiger partial charge < -0.3 is 14.8 Å². The molecule has 0 amide bonds. The lowest BCUT2D eigenvalue weighted by Crippen LogP contribution is -2.45. The van der Waals surface area contributed by atoms with Crippen LogP contribution in [0.2, 0.25) is 0 Å². The summed E-state index contributed by atoms with van der Waals surface area (Å²) in [5.74, 6) is 0.448. The summed E-state index contributed by atoms with van der Waals surface area (Å²) in [4.78, 5) is 18.2. The van der Waals surface area contributed by atoms with Gasteiger partial charge in [-0.1, -0.05) is 0 Å². The molecular formula is C17H27N3O3. The van der Waals surface area contributed by atoms with E-state index in [4.69, 9.17) is 9.47 Å². The van der Waals surface area contributed by atoms with Crippen LogP contribution in [-0.2, 0) is 9.47 Å². The van der Waals surface area contributed by atoms with Crippen molar-refractivity contribution in [1.82, 2.24) is 9.88 Å². The Kier molecular flexibility index (Phi) is 6.80. The van der Waals surface area contributed by atoms with Gasteiger partial charge in [0, 0.05) is 32.4 Å². The van der Waals surface area contributed by atoms with Gasteiger partial charge >= 0.3 is 5.97 Å². The number of anilines is 1. The number of pyridine rings is 1. The maximum absolute atomic E-state index is 11.5. The minimum Gasteiger partial charge on any atom is -0.462 e. The van der Waals surface area contributed by atoms with E-state index in [0.29, 0.717) is 24.4 Å². The second kappa shape index (κ2) is 8.84. The van der Waals surface area contributed by atoms with E-state index < -0.39 is 0 Å². The molecule has 1 aliphatic rings. The molecule has 0 saturated carbocycles. The number of ether oxygens (including phenoxy) is 2. The number of aromatic nitrogens is 1. The van der Waals surface area contributed by atoms with Crippen LogP contribution in [0.15, 0.2) is 18.3 Å². The average Bonchev–Trinajstić information content (AvgIpc) is 2.51. The number of rotatable bonds is 7. The summed E-state index contributed by atoms with van der Waals surface area (Å²) < 4.78 is 10.7. The zero-order valence-corrected chi connectivity index (χ0v) is 14.2. The van der Waals surface area contributed by atoms with Crippen LogP contribution in [0.1, 0.15) is 37.6 Å². The van der Waals surface area contributed by atoms with E-state index in [-0.39, 0.29) is 5.97 Å². The molecule has 0 spiro atoms. The summed E-state index contributed by atoms with van der Waals surface area (Å²) in [5, 5.41) is 3.28. The van der Waals surface area contributed by atoms with Crippen molar-refractivity contribution in [2.24, 2.45) is 0 Å². The molecule has 1 N–H and O–H groups in total. The number of hydrogen-bond acceptors (Lipinski definition) is 6. The molecule has 0 bridgehead atoms. The molecule has 0 aromatic carbocycles. The first-order chi connectivity index (χ1) is 11.1. The number of nitrogens with one attached hydrogen (secondary N) is 1. The number of esters is 1. The van der Waals surface area contributed by atoms with Crippen molar-refractivity contribution in [3.8, 4) is 0 Å². The molecule has 1 aliphatic heterocycles. The Hall–Kier alpha value is -1.66. The average molecular weight is 321 g/mol. The zero-order chi connectivity index (χ0) is 16.7. The highest BCUT2D eigenvalue weighted by atomic mass is 16.5. The summed E-state index contributed by atoms with van der Waals surface area (Å²) in [7, 11) is 0. The van der Waals surface area contributed by atoms with Gasteiger partial charge in [0.2, 0.25) is 0 Å². The number of morpholine rings is 1. The Bertz CT molecular complexity index is 482. The molecule has 1 saturated heterocycles. The molecule has 2 atom stereocenters. The minimum absolute atomic E-state index is 0.309. The van der Waals surface area contributed by atoms with E-state index in [9.17, 15) is 4.79 Å². The molecule has 6 heteroatoms. The normalized spacial score (nSPS) is 21.9. The second-order valence-electron chi connectivity index (χ2n) is 5.95. The Balaban J connectivity index is 1.69. The molecule has 23 heavy (non-hydrogen) atoms. The Labute approximate surface area is 138 Å². The first-order valence-electron chi connectivity index (χ1n) is 8.33. The predicted molar refractivity (Wildman–Crippen MR) is 89.7 cm³/mol. The molecule has 1 aromatic rings. The van der Waals surface area contributed by atoms with E-state index >= 15 is 0 Å². The van der Waals surface area contributed by atoms with E-state index in [1.807, 2.05) is 6.07 Å². The van der Waals surface area contributed by atoms with Crippen LogP contribution >= 0.6 is 0 Å². The maximum Gasteiger partial charge on any atom is 0.339 e. The molecule has 0 aliphatic carbocycles. The van der Waals surface area contributed by atoms with Gasteiger partial charge in [-0.2, -0.15) is 0 Å². The fraction of sp³-hybridized carbons (Fsp3) is 0.647. The van der Waals surface area contributed by atoms with Crippen molar-refractivity contribution in [3.05, 3.63) is 23.9 Å². The first kappa shape index (κ1) is 17.7. The van der Waals surface area contributed by atoms with Crippen LogP contribution in [0.3, 0.4) is 0 Å². The minimum atomic E-state index is -0.331. The quantitative estimate of drug-likeness (QED) is 0.613. The van der Waals surface area contributed by atoms with Crippen molar-refractivity contribution in [3.63, 3.8) is 0 Å². The highest BCUT2D eigenvalue weighted by Crippen LogP contribution is 2.11. The van der Waals surface area contributed by atoms with Gasteiger partial charge in [-0.15, -0.1) is 0 Å². The molecule has 128 valence electrons. The Morgan fingerprint density at radius 3 is 2.74 bits per heavy atom. The summed E-state index contributed by atoms with van der Waals surface area (Å²) in [6, 6.07) is 3.55. The summed E-state index contributed by atoms with van der Waals surface area (Å²) >= 11 is 0. The SMILES string of the molecule is CCOC(=O)c1ccc(NCCCN2CC(C)OC(C)C2)nc1. The zero-order valence-electron chi connectivity index (χ0n) is 14.2. The molecule has 2 heterocycles. The number of carbonyl (C=O) groups is 1. The molecular weight excluding hydrogens is 294 g/mol. The van der Waals surface area contributed by atoms with Crippen LogP contribution < -0.4 is 5.32 Å². The largest absolute Gasteiger partial charge is 0.462 e. The molecule has 6 nitrogen and oxygen atoms in total. The monoisotopic (exact) mass is 321 g/mol. The predicted octanol–water partition coefficient (Wildman–Crippen LogP) is 2.17. The summed E-state index contributed by atoms with van der Waals surface area (Å²) in [6.07, 6.45) is 3.21. The standard InChI is InChI=1S/C17H27N3O3/c1-4-22-17(21)15-6-7-16(19-10-15)18-8-5-9-20-11-13(2)23-14(3)12-20/h6-7,10,13-14H,4-5,8-9,11-12H2,1-3H3,(H,18,19). The fourth-order valence-corrected chi connectivity index (χ4v) is 2.82. The molecule has 0 radical (unpaired) electrons. The van der Waals surface area contributed by atoms with Crippen molar-refractivity contribution < 1.29 is 14.3 Å². The van der Waals surface area contributed by atoms with Gasteiger partial charge in [-0.3, -0.25) is 4.90 Å². The maximum atomic E-state index is 11.5. The van der Waals surface area contributed by atoms with Crippen LogP contribution in [0, 0.1) is 0 Å². The van der Waals surface area contributed by atoms with E-state index in [1.165, 1.54) is 0 Å². The van der Waals surface area contributed by atoms with Gasteiger partial charge in [-0.25, -0.2) is 9.78 Å². The van der Waals surface area contributed by atoms with Crippen LogP contribution in [0.25, 0.3) is 0 Å². The van der Waals surface area contributed by atoms with E-state index in [0.717, 1.165) is 38.4 Å². The third-order valence-electron chi connectivity index (χ3n) is 3.73. The van der Waals surface area contributed by atoms with E-state index in [1.54, 1.807) is 19.2 Å². The molecule has 2 rings (SSSR count). The molecule has 1 aromatic heterocycles. The topological polar surface area (TPSA) is 63.7 Å². The first-order valence-corrected chi connectivity index (χ1v) is 8.33. The van der Waals surface area contributed by atoms with Gasteiger partial charge in [0.25, 0.3) is 0 Å². The molecule has 2 unspecified atom stereocenters. The number of nitrogens with zero attached hydrogens (tertiary/aromatic N) is 2. The third-order valence-corrected chi connectivity index (χ3v) is 3.73. The fourth-order valence-electron chi connectivity index (χ4n) is 2.82. The van der Waals surface area contributed by atoms with Crippen LogP contribution in [0.5, 0.6) is 0 Å². The summed E-state index contributed by atoms with van der Waals surface area (Å²) in [5.41, 5.74) is 0.480. The highest BCUT2D eigenvalue weighted by molar-refractivity contribution is 5.89. The number of carbonyl (C=O) groups excluding carboxylic acids is 1. The lowest BCUT2D eigenvalue weighted by molar-refractivity contribution is -0.0678. The van der Waals surface area contributed by atoms with Crippen molar-refractivity contribution in [2.45, 2.75) is 39.4 Å². The van der Waals surface area contributed by atoms with Crippen LogP contribution in [0.4, 0.5) is 5.82 Å². The highest BCUT2D eigenvalue weighted by Gasteiger charge is 2.21. The third kappa shape index (κ3) is 5.80. The van der Waals surface area contributed by atoms with Gasteiger partial charge in [0.05, 0.1) is 24.4 Å². The lowest BCUT2D eigenvalue weighted by atomic mass is 10.2. The lowest BCUT2D eigenvalue weighted by Gasteiger charge is -2.35. The van der Waals surface area contributed by atoms with Gasteiger partial charge in [0.15, 0.2) is 0 Å². The van der Waals surface area contributed by atoms with Gasteiger partial charge in [-0.05, 0) is 39.3 Å².